The third kappa shape index (κ3) is 5.07. The van der Waals surface area contributed by atoms with Crippen LogP contribution in [-0.2, 0) is 10.0 Å². The summed E-state index contributed by atoms with van der Waals surface area (Å²) in [5.41, 5.74) is 0.710. The molecular formula is C21H26N2O5S. The van der Waals surface area contributed by atoms with Crippen molar-refractivity contribution in [3.05, 3.63) is 48.0 Å². The predicted octanol–water partition coefficient (Wildman–Crippen LogP) is 3.57. The largest absolute Gasteiger partial charge is 0.495 e. The van der Waals surface area contributed by atoms with Crippen molar-refractivity contribution in [1.29, 1.82) is 0 Å². The van der Waals surface area contributed by atoms with Crippen LogP contribution >= 0.6 is 0 Å². The highest BCUT2D eigenvalue weighted by atomic mass is 32.2. The van der Waals surface area contributed by atoms with Gasteiger partial charge in [0.2, 0.25) is 10.0 Å². The number of benzene rings is 2. The Hall–Kier alpha value is -2.58. The van der Waals surface area contributed by atoms with Gasteiger partial charge in [0, 0.05) is 11.6 Å². The number of ether oxygens (including phenoxy) is 2. The van der Waals surface area contributed by atoms with Gasteiger partial charge in [-0.05, 0) is 43.2 Å². The summed E-state index contributed by atoms with van der Waals surface area (Å²) in [5, 5.41) is 2.76. The Labute approximate surface area is 171 Å². The fourth-order valence-corrected chi connectivity index (χ4v) is 4.97. The number of methoxy groups -OCH3 is 2. The number of sulfonamides is 1. The number of para-hydroxylation sites is 2. The number of rotatable bonds is 7. The molecule has 0 atom stereocenters. The molecular weight excluding hydrogens is 392 g/mol. The van der Waals surface area contributed by atoms with Crippen molar-refractivity contribution in [2.24, 2.45) is 0 Å². The smallest absolute Gasteiger partial charge is 0.255 e. The first-order valence-corrected chi connectivity index (χ1v) is 11.1. The zero-order valence-corrected chi connectivity index (χ0v) is 17.4. The van der Waals surface area contributed by atoms with Crippen LogP contribution in [0.3, 0.4) is 0 Å². The number of hydrogen-bond acceptors (Lipinski definition) is 5. The highest BCUT2D eigenvalue weighted by Gasteiger charge is 2.26. The number of anilines is 1. The van der Waals surface area contributed by atoms with Crippen LogP contribution < -0.4 is 19.5 Å². The molecule has 1 saturated carbocycles. The Morgan fingerprint density at radius 1 is 0.966 bits per heavy atom. The molecule has 1 aliphatic carbocycles. The quantitative estimate of drug-likeness (QED) is 0.717. The van der Waals surface area contributed by atoms with Gasteiger partial charge in [0.05, 0.1) is 19.9 Å². The average molecular weight is 419 g/mol. The molecule has 0 saturated heterocycles. The predicted molar refractivity (Wildman–Crippen MR) is 111 cm³/mol. The van der Waals surface area contributed by atoms with Crippen molar-refractivity contribution in [3.63, 3.8) is 0 Å². The van der Waals surface area contributed by atoms with Gasteiger partial charge in [-0.15, -0.1) is 0 Å². The summed E-state index contributed by atoms with van der Waals surface area (Å²) in [6, 6.07) is 11.3. The molecule has 8 heteroatoms. The van der Waals surface area contributed by atoms with Crippen LogP contribution in [0.1, 0.15) is 42.5 Å². The highest BCUT2D eigenvalue weighted by Crippen LogP contribution is 2.28. The molecule has 0 bridgehead atoms. The van der Waals surface area contributed by atoms with Gasteiger partial charge >= 0.3 is 0 Å². The van der Waals surface area contributed by atoms with Crippen LogP contribution in [-0.4, -0.2) is 34.6 Å². The molecule has 1 aliphatic rings. The first-order chi connectivity index (χ1) is 13.9. The SMILES string of the molecule is COc1ccccc1NC(=O)c1ccc(OC)c(S(=O)(=O)NC2CCCCC2)c1. The van der Waals surface area contributed by atoms with E-state index in [0.29, 0.717) is 11.4 Å². The van der Waals surface area contributed by atoms with E-state index in [9.17, 15) is 13.2 Å². The monoisotopic (exact) mass is 418 g/mol. The number of nitrogens with one attached hydrogen (secondary N) is 2. The molecule has 156 valence electrons. The van der Waals surface area contributed by atoms with E-state index in [1.165, 1.54) is 32.4 Å². The lowest BCUT2D eigenvalue weighted by atomic mass is 9.96. The summed E-state index contributed by atoms with van der Waals surface area (Å²) in [5.74, 6) is 0.273. The minimum Gasteiger partial charge on any atom is -0.495 e. The molecule has 29 heavy (non-hydrogen) atoms. The molecule has 0 heterocycles. The Balaban J connectivity index is 1.87. The van der Waals surface area contributed by atoms with Crippen molar-refractivity contribution in [2.75, 3.05) is 19.5 Å². The van der Waals surface area contributed by atoms with Crippen LogP contribution in [0.25, 0.3) is 0 Å². The summed E-state index contributed by atoms with van der Waals surface area (Å²) in [4.78, 5) is 12.7. The molecule has 2 aromatic rings. The number of carbonyl (C=O) groups excluding carboxylic acids is 1. The normalized spacial score (nSPS) is 15.0. The van der Waals surface area contributed by atoms with E-state index in [2.05, 4.69) is 10.0 Å². The van der Waals surface area contributed by atoms with Crippen molar-refractivity contribution in [3.8, 4) is 11.5 Å². The van der Waals surface area contributed by atoms with Gasteiger partial charge in [0.1, 0.15) is 16.4 Å². The summed E-state index contributed by atoms with van der Waals surface area (Å²) in [7, 11) is -0.904. The second kappa shape index (κ2) is 9.28. The average Bonchev–Trinajstić information content (AvgIpc) is 2.74. The third-order valence-electron chi connectivity index (χ3n) is 5.00. The van der Waals surface area contributed by atoms with Gasteiger partial charge < -0.3 is 14.8 Å². The van der Waals surface area contributed by atoms with Gasteiger partial charge in [0.15, 0.2) is 0 Å². The van der Waals surface area contributed by atoms with Gasteiger partial charge in [0.25, 0.3) is 5.91 Å². The van der Waals surface area contributed by atoms with E-state index in [1.807, 2.05) is 0 Å². The molecule has 7 nitrogen and oxygen atoms in total. The molecule has 1 fully saturated rings. The fraction of sp³-hybridized carbons (Fsp3) is 0.381. The van der Waals surface area contributed by atoms with Gasteiger partial charge in [-0.3, -0.25) is 4.79 Å². The zero-order chi connectivity index (χ0) is 20.9. The van der Waals surface area contributed by atoms with Crippen molar-refractivity contribution < 1.29 is 22.7 Å². The summed E-state index contributed by atoms with van der Waals surface area (Å²) < 4.78 is 39.2. The van der Waals surface area contributed by atoms with Gasteiger partial charge in [-0.25, -0.2) is 13.1 Å². The molecule has 0 radical (unpaired) electrons. The Morgan fingerprint density at radius 2 is 1.66 bits per heavy atom. The minimum absolute atomic E-state index is 0.0433. The van der Waals surface area contributed by atoms with Crippen LogP contribution in [0.2, 0.25) is 0 Å². The highest BCUT2D eigenvalue weighted by molar-refractivity contribution is 7.89. The van der Waals surface area contributed by atoms with E-state index in [0.717, 1.165) is 32.1 Å². The number of carbonyl (C=O) groups is 1. The van der Waals surface area contributed by atoms with E-state index < -0.39 is 15.9 Å². The minimum atomic E-state index is -3.82. The molecule has 2 aromatic carbocycles. The van der Waals surface area contributed by atoms with E-state index in [-0.39, 0.29) is 22.3 Å². The lowest BCUT2D eigenvalue weighted by Gasteiger charge is -2.23. The van der Waals surface area contributed by atoms with Crippen LogP contribution in [0.15, 0.2) is 47.4 Å². The van der Waals surface area contributed by atoms with Crippen molar-refractivity contribution in [1.82, 2.24) is 4.72 Å². The van der Waals surface area contributed by atoms with Crippen LogP contribution in [0.4, 0.5) is 5.69 Å². The van der Waals surface area contributed by atoms with E-state index >= 15 is 0 Å². The van der Waals surface area contributed by atoms with Crippen molar-refractivity contribution in [2.45, 2.75) is 43.0 Å². The second-order valence-electron chi connectivity index (χ2n) is 6.98. The summed E-state index contributed by atoms with van der Waals surface area (Å²) >= 11 is 0. The Bertz CT molecular complexity index is 969. The zero-order valence-electron chi connectivity index (χ0n) is 16.6. The van der Waals surface area contributed by atoms with Gasteiger partial charge in [-0.1, -0.05) is 31.4 Å². The van der Waals surface area contributed by atoms with Crippen LogP contribution in [0, 0.1) is 0 Å². The Morgan fingerprint density at radius 3 is 2.34 bits per heavy atom. The topological polar surface area (TPSA) is 93.7 Å². The number of amides is 1. The molecule has 0 aromatic heterocycles. The van der Waals surface area contributed by atoms with Crippen molar-refractivity contribution >= 4 is 21.6 Å². The molecule has 0 aliphatic heterocycles. The number of hydrogen-bond donors (Lipinski definition) is 2. The van der Waals surface area contributed by atoms with Crippen LogP contribution in [0.5, 0.6) is 11.5 Å². The third-order valence-corrected chi connectivity index (χ3v) is 6.54. The first kappa shape index (κ1) is 21.1. The molecule has 0 spiro atoms. The Kier molecular flexibility index (Phi) is 6.76. The van der Waals surface area contributed by atoms with E-state index in [4.69, 9.17) is 9.47 Å². The summed E-state index contributed by atoms with van der Waals surface area (Å²) in [6.45, 7) is 0. The van der Waals surface area contributed by atoms with Gasteiger partial charge in [-0.2, -0.15) is 0 Å². The maximum Gasteiger partial charge on any atom is 0.255 e. The maximum absolute atomic E-state index is 13.0. The van der Waals surface area contributed by atoms with E-state index in [1.54, 1.807) is 24.3 Å². The lowest BCUT2D eigenvalue weighted by Crippen LogP contribution is -2.36. The lowest BCUT2D eigenvalue weighted by molar-refractivity contribution is 0.102. The molecule has 3 rings (SSSR count). The molecule has 2 N–H and O–H groups in total. The second-order valence-corrected chi connectivity index (χ2v) is 8.66. The molecule has 0 unspecified atom stereocenters. The summed E-state index contributed by atoms with van der Waals surface area (Å²) in [6.07, 6.45) is 4.77. The fourth-order valence-electron chi connectivity index (χ4n) is 3.47. The first-order valence-electron chi connectivity index (χ1n) is 9.59. The standard InChI is InChI=1S/C21H26N2O5S/c1-27-18-11-7-6-10-17(18)22-21(24)15-12-13-19(28-2)20(14-15)29(25,26)23-16-8-4-3-5-9-16/h6-7,10-14,16,23H,3-5,8-9H2,1-2H3,(H,22,24). The maximum atomic E-state index is 13.0. The molecule has 1 amide bonds.